The predicted octanol–water partition coefficient (Wildman–Crippen LogP) is 3.76. The van der Waals surface area contributed by atoms with Crippen molar-refractivity contribution in [2.75, 3.05) is 13.2 Å². The van der Waals surface area contributed by atoms with Crippen molar-refractivity contribution in [3.8, 4) is 5.75 Å². The smallest absolute Gasteiger partial charge is 0.120 e. The van der Waals surface area contributed by atoms with Crippen LogP contribution < -0.4 is 10.1 Å². The summed E-state index contributed by atoms with van der Waals surface area (Å²) in [4.78, 5) is 4.77. The van der Waals surface area contributed by atoms with Crippen molar-refractivity contribution in [1.29, 1.82) is 0 Å². The van der Waals surface area contributed by atoms with Gasteiger partial charge in [-0.2, -0.15) is 0 Å². The number of nitrogens with zero attached hydrogens (tertiary/aromatic N) is 1. The summed E-state index contributed by atoms with van der Waals surface area (Å²) in [7, 11) is 0. The molecule has 3 nitrogen and oxygen atoms in total. The molecule has 0 aliphatic carbocycles. The molecule has 2 heterocycles. The number of ether oxygens (including phenoxy) is 1. The first kappa shape index (κ1) is 12.9. The second-order valence-corrected chi connectivity index (χ2v) is 6.31. The van der Waals surface area contributed by atoms with Crippen LogP contribution in [0.1, 0.15) is 37.7 Å². The number of hydrogen-bond donors (Lipinski definition) is 1. The Balaban J connectivity index is 1.88. The SMILES string of the molecule is CCOc1ccc2nc(C3CC(C)CCN3)sc2c1. The Hall–Kier alpha value is -1.13. The average Bonchev–Trinajstić information content (AvgIpc) is 2.82. The largest absolute Gasteiger partial charge is 0.494 e. The van der Waals surface area contributed by atoms with E-state index in [2.05, 4.69) is 24.4 Å². The molecule has 19 heavy (non-hydrogen) atoms. The molecule has 3 rings (SSSR count). The maximum atomic E-state index is 5.55. The summed E-state index contributed by atoms with van der Waals surface area (Å²) in [6.07, 6.45) is 2.47. The lowest BCUT2D eigenvalue weighted by atomic mass is 9.95. The van der Waals surface area contributed by atoms with Gasteiger partial charge in [0, 0.05) is 0 Å². The van der Waals surface area contributed by atoms with Gasteiger partial charge in [-0.05, 0) is 50.4 Å². The highest BCUT2D eigenvalue weighted by atomic mass is 32.1. The lowest BCUT2D eigenvalue weighted by molar-refractivity contribution is 0.325. The summed E-state index contributed by atoms with van der Waals surface area (Å²) in [5.74, 6) is 1.73. The van der Waals surface area contributed by atoms with Gasteiger partial charge in [0.15, 0.2) is 0 Å². The third kappa shape index (κ3) is 2.74. The van der Waals surface area contributed by atoms with Crippen LogP contribution in [0.4, 0.5) is 0 Å². The topological polar surface area (TPSA) is 34.1 Å². The maximum Gasteiger partial charge on any atom is 0.120 e. The van der Waals surface area contributed by atoms with Gasteiger partial charge in [-0.3, -0.25) is 0 Å². The van der Waals surface area contributed by atoms with Gasteiger partial charge in [-0.1, -0.05) is 6.92 Å². The molecular formula is C15H20N2OS. The first-order valence-electron chi connectivity index (χ1n) is 7.03. The Labute approximate surface area is 118 Å². The van der Waals surface area contributed by atoms with E-state index in [1.165, 1.54) is 22.5 Å². The van der Waals surface area contributed by atoms with Crippen molar-refractivity contribution < 1.29 is 4.74 Å². The van der Waals surface area contributed by atoms with Crippen LogP contribution in [0, 0.1) is 5.92 Å². The van der Waals surface area contributed by atoms with Crippen molar-refractivity contribution in [3.63, 3.8) is 0 Å². The van der Waals surface area contributed by atoms with Gasteiger partial charge in [-0.15, -0.1) is 11.3 Å². The first-order valence-corrected chi connectivity index (χ1v) is 7.84. The third-order valence-corrected chi connectivity index (χ3v) is 4.78. The second-order valence-electron chi connectivity index (χ2n) is 5.25. The van der Waals surface area contributed by atoms with Gasteiger partial charge in [0.2, 0.25) is 0 Å². The summed E-state index contributed by atoms with van der Waals surface area (Å²) < 4.78 is 6.77. The molecule has 1 N–H and O–H groups in total. The van der Waals surface area contributed by atoms with E-state index in [9.17, 15) is 0 Å². The number of thiazole rings is 1. The second kappa shape index (κ2) is 5.47. The van der Waals surface area contributed by atoms with E-state index in [-0.39, 0.29) is 0 Å². The normalized spacial score (nSPS) is 23.7. The van der Waals surface area contributed by atoms with E-state index in [0.717, 1.165) is 23.7 Å². The molecule has 2 unspecified atom stereocenters. The lowest BCUT2D eigenvalue weighted by Crippen LogP contribution is -2.30. The van der Waals surface area contributed by atoms with Gasteiger partial charge in [0.25, 0.3) is 0 Å². The molecule has 2 atom stereocenters. The summed E-state index contributed by atoms with van der Waals surface area (Å²) in [6.45, 7) is 6.15. The molecule has 0 radical (unpaired) electrons. The minimum Gasteiger partial charge on any atom is -0.494 e. The fourth-order valence-corrected chi connectivity index (χ4v) is 3.71. The predicted molar refractivity (Wildman–Crippen MR) is 79.9 cm³/mol. The number of aromatic nitrogens is 1. The number of fused-ring (bicyclic) bond motifs is 1. The van der Waals surface area contributed by atoms with Crippen LogP contribution in [0.3, 0.4) is 0 Å². The molecular weight excluding hydrogens is 256 g/mol. The van der Waals surface area contributed by atoms with Gasteiger partial charge in [-0.25, -0.2) is 4.98 Å². The molecule has 1 aliphatic heterocycles. The van der Waals surface area contributed by atoms with Crippen molar-refractivity contribution in [1.82, 2.24) is 10.3 Å². The van der Waals surface area contributed by atoms with E-state index in [0.29, 0.717) is 12.6 Å². The molecule has 0 bridgehead atoms. The van der Waals surface area contributed by atoms with E-state index in [1.807, 2.05) is 13.0 Å². The monoisotopic (exact) mass is 276 g/mol. The molecule has 102 valence electrons. The zero-order valence-electron chi connectivity index (χ0n) is 11.5. The fraction of sp³-hybridized carbons (Fsp3) is 0.533. The minimum absolute atomic E-state index is 0.427. The molecule has 1 aliphatic rings. The van der Waals surface area contributed by atoms with Crippen molar-refractivity contribution in [2.24, 2.45) is 5.92 Å². The Morgan fingerprint density at radius 2 is 2.37 bits per heavy atom. The van der Waals surface area contributed by atoms with Gasteiger partial charge in [0.1, 0.15) is 10.8 Å². The van der Waals surface area contributed by atoms with Crippen molar-refractivity contribution >= 4 is 21.6 Å². The number of nitrogens with one attached hydrogen (secondary N) is 1. The quantitative estimate of drug-likeness (QED) is 0.927. The van der Waals surface area contributed by atoms with Gasteiger partial charge >= 0.3 is 0 Å². The molecule has 1 saturated heterocycles. The van der Waals surface area contributed by atoms with Crippen molar-refractivity contribution in [3.05, 3.63) is 23.2 Å². The fourth-order valence-electron chi connectivity index (χ4n) is 2.62. The summed E-state index contributed by atoms with van der Waals surface area (Å²) in [5.41, 5.74) is 1.09. The highest BCUT2D eigenvalue weighted by molar-refractivity contribution is 7.18. The Morgan fingerprint density at radius 3 is 3.16 bits per heavy atom. The summed E-state index contributed by atoms with van der Waals surface area (Å²) >= 11 is 1.79. The molecule has 0 amide bonds. The van der Waals surface area contributed by atoms with Crippen LogP contribution in [-0.4, -0.2) is 18.1 Å². The molecule has 0 spiro atoms. The standard InChI is InChI=1S/C15H20N2OS/c1-3-18-11-4-5-12-14(9-11)19-15(17-12)13-8-10(2)6-7-16-13/h4-5,9-10,13,16H,3,6-8H2,1-2H3. The zero-order chi connectivity index (χ0) is 13.2. The Bertz CT molecular complexity index is 566. The number of piperidine rings is 1. The van der Waals surface area contributed by atoms with E-state index >= 15 is 0 Å². The highest BCUT2D eigenvalue weighted by Crippen LogP contribution is 2.33. The third-order valence-electron chi connectivity index (χ3n) is 3.65. The lowest BCUT2D eigenvalue weighted by Gasteiger charge is -2.26. The number of rotatable bonds is 3. The molecule has 2 aromatic rings. The van der Waals surface area contributed by atoms with Gasteiger partial charge < -0.3 is 10.1 Å². The van der Waals surface area contributed by atoms with Crippen LogP contribution in [0.5, 0.6) is 5.75 Å². The number of benzene rings is 1. The van der Waals surface area contributed by atoms with Crippen LogP contribution in [0.2, 0.25) is 0 Å². The Morgan fingerprint density at radius 1 is 1.47 bits per heavy atom. The van der Waals surface area contributed by atoms with E-state index < -0.39 is 0 Å². The Kier molecular flexibility index (Phi) is 3.71. The summed E-state index contributed by atoms with van der Waals surface area (Å²) in [6, 6.07) is 6.60. The molecule has 1 aromatic carbocycles. The minimum atomic E-state index is 0.427. The van der Waals surface area contributed by atoms with Crippen LogP contribution >= 0.6 is 11.3 Å². The highest BCUT2D eigenvalue weighted by Gasteiger charge is 2.22. The average molecular weight is 276 g/mol. The van der Waals surface area contributed by atoms with Crippen LogP contribution in [0.25, 0.3) is 10.2 Å². The van der Waals surface area contributed by atoms with E-state index in [4.69, 9.17) is 9.72 Å². The molecule has 4 heteroatoms. The van der Waals surface area contributed by atoms with Crippen LogP contribution in [0.15, 0.2) is 18.2 Å². The first-order chi connectivity index (χ1) is 9.26. The van der Waals surface area contributed by atoms with Gasteiger partial charge in [0.05, 0.1) is 22.9 Å². The summed E-state index contributed by atoms with van der Waals surface area (Å²) in [5, 5.41) is 4.80. The molecule has 1 aromatic heterocycles. The van der Waals surface area contributed by atoms with Crippen LogP contribution in [-0.2, 0) is 0 Å². The van der Waals surface area contributed by atoms with Crippen molar-refractivity contribution in [2.45, 2.75) is 32.7 Å². The molecule has 1 fully saturated rings. The zero-order valence-corrected chi connectivity index (χ0v) is 12.3. The number of hydrogen-bond acceptors (Lipinski definition) is 4. The molecule has 0 saturated carbocycles. The maximum absolute atomic E-state index is 5.55. The van der Waals surface area contributed by atoms with E-state index in [1.54, 1.807) is 11.3 Å².